The van der Waals surface area contributed by atoms with Crippen LogP contribution < -0.4 is 4.90 Å². The molecule has 0 spiro atoms. The van der Waals surface area contributed by atoms with E-state index in [9.17, 15) is 0 Å². The fourth-order valence-electron chi connectivity index (χ4n) is 8.80. The van der Waals surface area contributed by atoms with Crippen molar-refractivity contribution < 1.29 is 0 Å². The summed E-state index contributed by atoms with van der Waals surface area (Å²) in [6.07, 6.45) is 0. The normalized spacial score (nSPS) is 11.3. The zero-order valence-electron chi connectivity index (χ0n) is 32.9. The summed E-state index contributed by atoms with van der Waals surface area (Å²) in [5.74, 6) is 0. The van der Waals surface area contributed by atoms with Gasteiger partial charge >= 0.3 is 0 Å². The highest BCUT2D eigenvalue weighted by Gasteiger charge is 2.19. The van der Waals surface area contributed by atoms with Gasteiger partial charge in [-0.15, -0.1) is 11.3 Å². The molecule has 2 heteroatoms. The van der Waals surface area contributed by atoms with Gasteiger partial charge in [0.15, 0.2) is 0 Å². The lowest BCUT2D eigenvalue weighted by molar-refractivity contribution is 1.28. The van der Waals surface area contributed by atoms with Crippen LogP contribution in [-0.4, -0.2) is 0 Å². The van der Waals surface area contributed by atoms with E-state index in [0.717, 1.165) is 17.1 Å². The van der Waals surface area contributed by atoms with Crippen LogP contribution in [-0.2, 0) is 0 Å². The van der Waals surface area contributed by atoms with E-state index in [1.165, 1.54) is 86.6 Å². The zero-order valence-corrected chi connectivity index (χ0v) is 33.7. The molecule has 0 fully saturated rings. The van der Waals surface area contributed by atoms with Crippen LogP contribution in [0.3, 0.4) is 0 Å². The van der Waals surface area contributed by atoms with Gasteiger partial charge in [0.25, 0.3) is 0 Å². The highest BCUT2D eigenvalue weighted by molar-refractivity contribution is 7.26. The molecule has 1 aromatic heterocycles. The maximum absolute atomic E-state index is 2.40. The third-order valence-electron chi connectivity index (χ3n) is 11.7. The first kappa shape index (κ1) is 35.6. The third kappa shape index (κ3) is 6.44. The van der Waals surface area contributed by atoms with Crippen molar-refractivity contribution in [2.24, 2.45) is 0 Å². The van der Waals surface area contributed by atoms with Gasteiger partial charge in [0.1, 0.15) is 0 Å². The molecule has 0 aliphatic rings. The summed E-state index contributed by atoms with van der Waals surface area (Å²) in [4.78, 5) is 2.40. The Balaban J connectivity index is 1.01. The second-order valence-corrected chi connectivity index (χ2v) is 16.3. The van der Waals surface area contributed by atoms with E-state index in [1.54, 1.807) is 0 Å². The first-order valence-electron chi connectivity index (χ1n) is 20.5. The van der Waals surface area contributed by atoms with Crippen molar-refractivity contribution in [1.82, 2.24) is 0 Å². The molecule has 10 aromatic carbocycles. The van der Waals surface area contributed by atoms with Gasteiger partial charge in [-0.3, -0.25) is 0 Å². The summed E-state index contributed by atoms with van der Waals surface area (Å²) in [6.45, 7) is 0. The molecule has 0 unspecified atom stereocenters. The van der Waals surface area contributed by atoms with Crippen molar-refractivity contribution >= 4 is 59.3 Å². The summed E-state index contributed by atoms with van der Waals surface area (Å²) >= 11 is 1.88. The van der Waals surface area contributed by atoms with Crippen molar-refractivity contribution in [3.63, 3.8) is 0 Å². The quantitative estimate of drug-likeness (QED) is 0.148. The van der Waals surface area contributed by atoms with Gasteiger partial charge in [0, 0.05) is 37.1 Å². The standard InChI is InChI=1S/C58H39NS/c1-3-15-42(16-4-1)49-22-9-11-27-56(49)59(47-36-31-44(32-37-47)50-24-14-26-54-53-23-10-12-28-57(53)60-58(50)54)46-34-29-40(30-35-46)45-33-38-52(55(39-45)43-17-5-2-6-18-43)51-25-13-20-41-19-7-8-21-48(41)51/h1-39H. The predicted molar refractivity (Wildman–Crippen MR) is 259 cm³/mol. The number of nitrogens with zero attached hydrogens (tertiary/aromatic N) is 1. The van der Waals surface area contributed by atoms with E-state index in [4.69, 9.17) is 0 Å². The fourth-order valence-corrected chi connectivity index (χ4v) is 10.0. The Morgan fingerprint density at radius 1 is 0.283 bits per heavy atom. The number of benzene rings is 10. The first-order chi connectivity index (χ1) is 29.8. The molecule has 0 aliphatic carbocycles. The largest absolute Gasteiger partial charge is 0.310 e. The van der Waals surface area contributed by atoms with E-state index in [0.29, 0.717) is 0 Å². The van der Waals surface area contributed by atoms with Gasteiger partial charge in [-0.2, -0.15) is 0 Å². The molecule has 0 amide bonds. The molecule has 0 saturated carbocycles. The zero-order chi connectivity index (χ0) is 39.8. The van der Waals surface area contributed by atoms with Crippen LogP contribution in [0.25, 0.3) is 86.6 Å². The Morgan fingerprint density at radius 2 is 0.800 bits per heavy atom. The first-order valence-corrected chi connectivity index (χ1v) is 21.3. The molecule has 11 rings (SSSR count). The Hall–Kier alpha value is -7.52. The lowest BCUT2D eigenvalue weighted by Gasteiger charge is -2.28. The van der Waals surface area contributed by atoms with Crippen molar-refractivity contribution in [3.8, 4) is 55.6 Å². The number of para-hydroxylation sites is 1. The summed E-state index contributed by atoms with van der Waals surface area (Å²) < 4.78 is 2.65. The minimum Gasteiger partial charge on any atom is -0.310 e. The van der Waals surface area contributed by atoms with Gasteiger partial charge in [0.2, 0.25) is 0 Å². The second kappa shape index (κ2) is 15.3. The average Bonchev–Trinajstić information content (AvgIpc) is 3.72. The van der Waals surface area contributed by atoms with Gasteiger partial charge in [-0.1, -0.05) is 194 Å². The minimum atomic E-state index is 1.09. The van der Waals surface area contributed by atoms with Crippen molar-refractivity contribution in [1.29, 1.82) is 0 Å². The average molecular weight is 782 g/mol. The smallest absolute Gasteiger partial charge is 0.0540 e. The highest BCUT2D eigenvalue weighted by atomic mass is 32.1. The van der Waals surface area contributed by atoms with Crippen LogP contribution >= 0.6 is 11.3 Å². The van der Waals surface area contributed by atoms with Crippen molar-refractivity contribution in [3.05, 3.63) is 237 Å². The van der Waals surface area contributed by atoms with Crippen LogP contribution in [0, 0.1) is 0 Å². The Bertz CT molecular complexity index is 3290. The summed E-state index contributed by atoms with van der Waals surface area (Å²) in [5, 5.41) is 5.14. The maximum atomic E-state index is 2.40. The summed E-state index contributed by atoms with van der Waals surface area (Å²) in [6, 6.07) is 86.0. The Kier molecular flexibility index (Phi) is 9.11. The molecule has 0 saturated heterocycles. The molecule has 0 bridgehead atoms. The van der Waals surface area contributed by atoms with Gasteiger partial charge in [-0.05, 0) is 103 Å². The van der Waals surface area contributed by atoms with E-state index in [2.05, 4.69) is 241 Å². The highest BCUT2D eigenvalue weighted by Crippen LogP contribution is 2.45. The second-order valence-electron chi connectivity index (χ2n) is 15.2. The molecule has 0 aliphatic heterocycles. The van der Waals surface area contributed by atoms with E-state index >= 15 is 0 Å². The monoisotopic (exact) mass is 781 g/mol. The molecule has 60 heavy (non-hydrogen) atoms. The van der Waals surface area contributed by atoms with Crippen LogP contribution in [0.5, 0.6) is 0 Å². The molecule has 1 nitrogen and oxygen atoms in total. The van der Waals surface area contributed by atoms with Crippen LogP contribution in [0.1, 0.15) is 0 Å². The lowest BCUT2D eigenvalue weighted by atomic mass is 9.89. The van der Waals surface area contributed by atoms with Gasteiger partial charge < -0.3 is 4.90 Å². The van der Waals surface area contributed by atoms with Crippen LogP contribution in [0.15, 0.2) is 237 Å². The Labute approximate surface area is 354 Å². The SMILES string of the molecule is c1ccc(-c2cc(-c3ccc(N(c4ccc(-c5cccc6c5sc5ccccc56)cc4)c4ccccc4-c4ccccc4)cc3)ccc2-c2cccc3ccccc23)cc1. The molecular formula is C58H39NS. The summed E-state index contributed by atoms with van der Waals surface area (Å²) in [5.41, 5.74) is 15.4. The topological polar surface area (TPSA) is 3.24 Å². The van der Waals surface area contributed by atoms with Crippen molar-refractivity contribution in [2.75, 3.05) is 4.90 Å². The number of thiophene rings is 1. The van der Waals surface area contributed by atoms with E-state index in [1.807, 2.05) is 11.3 Å². The Morgan fingerprint density at radius 3 is 1.57 bits per heavy atom. The predicted octanol–water partition coefficient (Wildman–Crippen LogP) is 17.0. The van der Waals surface area contributed by atoms with Gasteiger partial charge in [0.05, 0.1) is 5.69 Å². The van der Waals surface area contributed by atoms with Crippen LogP contribution in [0.4, 0.5) is 17.1 Å². The maximum Gasteiger partial charge on any atom is 0.0540 e. The molecular weight excluding hydrogens is 743 g/mol. The number of hydrogen-bond acceptors (Lipinski definition) is 2. The minimum absolute atomic E-state index is 1.09. The number of hydrogen-bond donors (Lipinski definition) is 0. The molecule has 11 aromatic rings. The molecule has 0 radical (unpaired) electrons. The van der Waals surface area contributed by atoms with Crippen LogP contribution in [0.2, 0.25) is 0 Å². The lowest BCUT2D eigenvalue weighted by Crippen LogP contribution is -2.11. The molecule has 0 N–H and O–H groups in total. The van der Waals surface area contributed by atoms with Crippen molar-refractivity contribution in [2.45, 2.75) is 0 Å². The number of anilines is 3. The molecule has 0 atom stereocenters. The fraction of sp³-hybridized carbons (Fsp3) is 0. The third-order valence-corrected chi connectivity index (χ3v) is 12.9. The van der Waals surface area contributed by atoms with E-state index < -0.39 is 0 Å². The molecule has 1 heterocycles. The number of rotatable bonds is 8. The molecule has 282 valence electrons. The number of fused-ring (bicyclic) bond motifs is 4. The summed E-state index contributed by atoms with van der Waals surface area (Å²) in [7, 11) is 0. The van der Waals surface area contributed by atoms with Gasteiger partial charge in [-0.25, -0.2) is 0 Å². The van der Waals surface area contributed by atoms with E-state index in [-0.39, 0.29) is 0 Å².